The lowest BCUT2D eigenvalue weighted by Crippen LogP contribution is -2.53. The standard InChI is InChI=1S/C23H26BrNO2/c1-2-17-14-16-6-3-4-9-20(16)22(17)10-12-23(13-11-22,21(26)27)25-19-8-5-7-18(24)15-19/h3-9,15,17,25H,2,10-14H2,1H3,(H,26,27). The molecule has 0 aliphatic heterocycles. The smallest absolute Gasteiger partial charge is 0.329 e. The molecule has 0 aromatic heterocycles. The van der Waals surface area contributed by atoms with Gasteiger partial charge in [0.05, 0.1) is 0 Å². The lowest BCUT2D eigenvalue weighted by Gasteiger charge is -2.46. The van der Waals surface area contributed by atoms with Crippen molar-refractivity contribution in [3.63, 3.8) is 0 Å². The molecule has 1 saturated carbocycles. The fourth-order valence-corrected chi connectivity index (χ4v) is 5.83. The minimum atomic E-state index is -0.887. The molecule has 2 aliphatic rings. The molecular formula is C23H26BrNO2. The fraction of sp³-hybridized carbons (Fsp3) is 0.435. The maximum absolute atomic E-state index is 12.3. The summed E-state index contributed by atoms with van der Waals surface area (Å²) < 4.78 is 0.955. The van der Waals surface area contributed by atoms with Crippen LogP contribution in [0.4, 0.5) is 5.69 Å². The molecule has 2 N–H and O–H groups in total. The number of benzene rings is 2. The second-order valence-corrected chi connectivity index (χ2v) is 9.06. The molecule has 0 bridgehead atoms. The Morgan fingerprint density at radius 2 is 1.89 bits per heavy atom. The van der Waals surface area contributed by atoms with Crippen molar-refractivity contribution in [1.29, 1.82) is 0 Å². The number of aliphatic carboxylic acids is 1. The quantitative estimate of drug-likeness (QED) is 0.649. The summed E-state index contributed by atoms with van der Waals surface area (Å²) in [6, 6.07) is 16.6. The maximum Gasteiger partial charge on any atom is 0.329 e. The van der Waals surface area contributed by atoms with Crippen molar-refractivity contribution < 1.29 is 9.90 Å². The number of fused-ring (bicyclic) bond motifs is 2. The van der Waals surface area contributed by atoms with Crippen LogP contribution in [0.1, 0.15) is 50.2 Å². The number of carboxylic acids is 1. The topological polar surface area (TPSA) is 49.3 Å². The van der Waals surface area contributed by atoms with Gasteiger partial charge < -0.3 is 10.4 Å². The molecule has 4 rings (SSSR count). The number of halogens is 1. The largest absolute Gasteiger partial charge is 0.480 e. The maximum atomic E-state index is 12.3. The molecule has 4 heteroatoms. The Kier molecular flexibility index (Phi) is 4.79. The summed E-state index contributed by atoms with van der Waals surface area (Å²) in [5.74, 6) is -0.121. The highest BCUT2D eigenvalue weighted by atomic mass is 79.9. The molecule has 27 heavy (non-hydrogen) atoms. The van der Waals surface area contributed by atoms with Crippen LogP contribution in [0.25, 0.3) is 0 Å². The highest BCUT2D eigenvalue weighted by molar-refractivity contribution is 9.10. The van der Waals surface area contributed by atoms with Gasteiger partial charge in [-0.1, -0.05) is 59.6 Å². The van der Waals surface area contributed by atoms with Crippen LogP contribution in [0.5, 0.6) is 0 Å². The summed E-state index contributed by atoms with van der Waals surface area (Å²) in [6.45, 7) is 2.27. The van der Waals surface area contributed by atoms with E-state index in [0.717, 1.165) is 35.8 Å². The van der Waals surface area contributed by atoms with Gasteiger partial charge in [0.2, 0.25) is 0 Å². The number of carbonyl (C=O) groups is 1. The molecule has 0 amide bonds. The zero-order chi connectivity index (χ0) is 19.1. The zero-order valence-electron chi connectivity index (χ0n) is 15.7. The molecule has 2 aromatic carbocycles. The minimum Gasteiger partial charge on any atom is -0.480 e. The van der Waals surface area contributed by atoms with Gasteiger partial charge in [0, 0.05) is 10.2 Å². The number of hydrogen-bond donors (Lipinski definition) is 2. The van der Waals surface area contributed by atoms with Crippen molar-refractivity contribution in [1.82, 2.24) is 0 Å². The van der Waals surface area contributed by atoms with E-state index in [-0.39, 0.29) is 5.41 Å². The Hall–Kier alpha value is -1.81. The Labute approximate surface area is 169 Å². The van der Waals surface area contributed by atoms with Crippen molar-refractivity contribution in [2.45, 2.75) is 56.4 Å². The molecule has 1 unspecified atom stereocenters. The molecular weight excluding hydrogens is 402 g/mol. The molecule has 2 aromatic rings. The Bertz CT molecular complexity index is 855. The van der Waals surface area contributed by atoms with Crippen molar-refractivity contribution in [3.05, 3.63) is 64.1 Å². The second-order valence-electron chi connectivity index (χ2n) is 8.15. The normalized spacial score (nSPS) is 29.5. The van der Waals surface area contributed by atoms with E-state index >= 15 is 0 Å². The predicted octanol–water partition coefficient (Wildman–Crippen LogP) is 5.78. The predicted molar refractivity (Wildman–Crippen MR) is 112 cm³/mol. The Morgan fingerprint density at radius 1 is 1.15 bits per heavy atom. The summed E-state index contributed by atoms with van der Waals surface area (Å²) >= 11 is 3.48. The number of nitrogens with one attached hydrogen (secondary N) is 1. The van der Waals surface area contributed by atoms with Crippen molar-refractivity contribution in [2.24, 2.45) is 5.92 Å². The fourth-order valence-electron chi connectivity index (χ4n) is 5.44. The first-order valence-electron chi connectivity index (χ1n) is 9.85. The zero-order valence-corrected chi connectivity index (χ0v) is 17.3. The van der Waals surface area contributed by atoms with Gasteiger partial charge in [-0.3, -0.25) is 0 Å². The molecule has 0 heterocycles. The lowest BCUT2D eigenvalue weighted by molar-refractivity contribution is -0.144. The SMILES string of the molecule is CCC1Cc2ccccc2C12CCC(Nc1cccc(Br)c1)(C(=O)O)CC2. The van der Waals surface area contributed by atoms with Gasteiger partial charge in [0.25, 0.3) is 0 Å². The van der Waals surface area contributed by atoms with Crippen molar-refractivity contribution in [2.75, 3.05) is 5.32 Å². The van der Waals surface area contributed by atoms with E-state index in [1.807, 2.05) is 24.3 Å². The van der Waals surface area contributed by atoms with Crippen LogP contribution < -0.4 is 5.32 Å². The van der Waals surface area contributed by atoms with Crippen molar-refractivity contribution >= 4 is 27.6 Å². The third-order valence-corrected chi connectivity index (χ3v) is 7.40. The average molecular weight is 428 g/mol. The molecule has 1 spiro atoms. The van der Waals surface area contributed by atoms with Gasteiger partial charge >= 0.3 is 5.97 Å². The van der Waals surface area contributed by atoms with Gasteiger partial charge in [0.1, 0.15) is 5.54 Å². The van der Waals surface area contributed by atoms with E-state index in [0.29, 0.717) is 18.8 Å². The molecule has 0 radical (unpaired) electrons. The van der Waals surface area contributed by atoms with Crippen LogP contribution in [0.3, 0.4) is 0 Å². The van der Waals surface area contributed by atoms with Gasteiger partial charge in [-0.05, 0) is 72.8 Å². The molecule has 142 valence electrons. The van der Waals surface area contributed by atoms with E-state index in [1.54, 1.807) is 0 Å². The number of anilines is 1. The van der Waals surface area contributed by atoms with Gasteiger partial charge in [-0.15, -0.1) is 0 Å². The van der Waals surface area contributed by atoms with Gasteiger partial charge in [0.15, 0.2) is 0 Å². The van der Waals surface area contributed by atoms with Gasteiger partial charge in [-0.25, -0.2) is 4.79 Å². The third-order valence-electron chi connectivity index (χ3n) is 6.91. The third kappa shape index (κ3) is 3.08. The lowest BCUT2D eigenvalue weighted by atomic mass is 9.60. The molecule has 1 fully saturated rings. The van der Waals surface area contributed by atoms with E-state index in [1.165, 1.54) is 11.1 Å². The van der Waals surface area contributed by atoms with Crippen LogP contribution in [-0.2, 0) is 16.6 Å². The summed E-state index contributed by atoms with van der Waals surface area (Å²) in [4.78, 5) is 12.3. The minimum absolute atomic E-state index is 0.142. The monoisotopic (exact) mass is 427 g/mol. The first kappa shape index (κ1) is 18.5. The molecule has 0 saturated heterocycles. The summed E-state index contributed by atoms with van der Waals surface area (Å²) in [5, 5.41) is 13.5. The summed E-state index contributed by atoms with van der Waals surface area (Å²) in [6.07, 6.45) is 5.44. The molecule has 3 nitrogen and oxygen atoms in total. The first-order valence-corrected chi connectivity index (χ1v) is 10.6. The Balaban J connectivity index is 1.63. The van der Waals surface area contributed by atoms with E-state index in [2.05, 4.69) is 52.4 Å². The summed E-state index contributed by atoms with van der Waals surface area (Å²) in [5.41, 5.74) is 3.05. The average Bonchev–Trinajstić information content (AvgIpc) is 2.97. The van der Waals surface area contributed by atoms with E-state index in [4.69, 9.17) is 0 Å². The highest BCUT2D eigenvalue weighted by Crippen LogP contribution is 2.55. The number of hydrogen-bond acceptors (Lipinski definition) is 2. The van der Waals surface area contributed by atoms with Crippen LogP contribution in [0.2, 0.25) is 0 Å². The molecule has 2 aliphatic carbocycles. The molecule has 1 atom stereocenters. The summed E-state index contributed by atoms with van der Waals surface area (Å²) in [7, 11) is 0. The van der Waals surface area contributed by atoms with E-state index in [9.17, 15) is 9.90 Å². The van der Waals surface area contributed by atoms with Crippen LogP contribution in [-0.4, -0.2) is 16.6 Å². The van der Waals surface area contributed by atoms with Crippen LogP contribution in [0, 0.1) is 5.92 Å². The number of carboxylic acid groups (broad SMARTS) is 1. The van der Waals surface area contributed by atoms with E-state index < -0.39 is 11.5 Å². The van der Waals surface area contributed by atoms with Crippen LogP contribution >= 0.6 is 15.9 Å². The van der Waals surface area contributed by atoms with Crippen molar-refractivity contribution in [3.8, 4) is 0 Å². The first-order chi connectivity index (χ1) is 13.0. The van der Waals surface area contributed by atoms with Gasteiger partial charge in [-0.2, -0.15) is 0 Å². The highest BCUT2D eigenvalue weighted by Gasteiger charge is 2.53. The second kappa shape index (κ2) is 6.97. The Morgan fingerprint density at radius 3 is 2.56 bits per heavy atom. The van der Waals surface area contributed by atoms with Crippen LogP contribution in [0.15, 0.2) is 53.0 Å². The number of rotatable bonds is 4.